The maximum absolute atomic E-state index is 13.4. The van der Waals surface area contributed by atoms with Crippen LogP contribution in [0.15, 0.2) is 58.6 Å². The quantitative estimate of drug-likeness (QED) is 0.511. The molecule has 0 amide bonds. The van der Waals surface area contributed by atoms with Gasteiger partial charge in [-0.3, -0.25) is 9.55 Å². The molecule has 4 rings (SSSR count). The Hall–Kier alpha value is -2.47. The lowest BCUT2D eigenvalue weighted by Crippen LogP contribution is -2.27. The van der Waals surface area contributed by atoms with Crippen LogP contribution in [-0.2, 0) is 25.1 Å². The predicted molar refractivity (Wildman–Crippen MR) is 99.8 cm³/mol. The SMILES string of the molecule is O=c1nc(SCc2cccc(F)c2)c2c(n1Cc1ccncc1)CCC2. The van der Waals surface area contributed by atoms with E-state index in [4.69, 9.17) is 0 Å². The van der Waals surface area contributed by atoms with E-state index in [2.05, 4.69) is 9.97 Å². The number of fused-ring (bicyclic) bond motifs is 1. The molecule has 132 valence electrons. The molecule has 0 radical (unpaired) electrons. The van der Waals surface area contributed by atoms with Crippen LogP contribution < -0.4 is 5.69 Å². The zero-order valence-electron chi connectivity index (χ0n) is 14.2. The Morgan fingerprint density at radius 1 is 1.12 bits per heavy atom. The van der Waals surface area contributed by atoms with E-state index in [1.165, 1.54) is 29.5 Å². The molecule has 0 fully saturated rings. The number of benzene rings is 1. The van der Waals surface area contributed by atoms with E-state index < -0.39 is 0 Å². The van der Waals surface area contributed by atoms with Crippen LogP contribution >= 0.6 is 11.8 Å². The van der Waals surface area contributed by atoms with Crippen LogP contribution in [0.4, 0.5) is 4.39 Å². The van der Waals surface area contributed by atoms with Crippen LogP contribution in [-0.4, -0.2) is 14.5 Å². The van der Waals surface area contributed by atoms with Gasteiger partial charge >= 0.3 is 5.69 Å². The first-order chi connectivity index (χ1) is 12.7. The first-order valence-electron chi connectivity index (χ1n) is 8.59. The summed E-state index contributed by atoms with van der Waals surface area (Å²) in [6.07, 6.45) is 6.33. The van der Waals surface area contributed by atoms with Gasteiger partial charge in [-0.05, 0) is 54.7 Å². The van der Waals surface area contributed by atoms with Crippen molar-refractivity contribution in [3.8, 4) is 0 Å². The Morgan fingerprint density at radius 3 is 2.77 bits per heavy atom. The monoisotopic (exact) mass is 367 g/mol. The zero-order valence-corrected chi connectivity index (χ0v) is 15.0. The second-order valence-electron chi connectivity index (χ2n) is 6.34. The third-order valence-electron chi connectivity index (χ3n) is 4.56. The number of rotatable bonds is 5. The number of hydrogen-bond donors (Lipinski definition) is 0. The van der Waals surface area contributed by atoms with Crippen molar-refractivity contribution in [1.29, 1.82) is 0 Å². The van der Waals surface area contributed by atoms with Crippen molar-refractivity contribution >= 4 is 11.8 Å². The summed E-state index contributed by atoms with van der Waals surface area (Å²) in [6, 6.07) is 10.4. The van der Waals surface area contributed by atoms with Gasteiger partial charge in [0.25, 0.3) is 0 Å². The fourth-order valence-electron chi connectivity index (χ4n) is 3.32. The van der Waals surface area contributed by atoms with Gasteiger partial charge in [0.2, 0.25) is 0 Å². The molecule has 0 bridgehead atoms. The van der Waals surface area contributed by atoms with Gasteiger partial charge in [-0.1, -0.05) is 12.1 Å². The molecule has 0 spiro atoms. The predicted octanol–water partition coefficient (Wildman–Crippen LogP) is 3.61. The minimum absolute atomic E-state index is 0.218. The second-order valence-corrected chi connectivity index (χ2v) is 7.30. The highest BCUT2D eigenvalue weighted by Gasteiger charge is 2.22. The van der Waals surface area contributed by atoms with E-state index in [1.54, 1.807) is 23.0 Å². The van der Waals surface area contributed by atoms with E-state index in [-0.39, 0.29) is 11.5 Å². The minimum Gasteiger partial charge on any atom is -0.292 e. The van der Waals surface area contributed by atoms with Gasteiger partial charge < -0.3 is 0 Å². The van der Waals surface area contributed by atoms with Crippen LogP contribution in [0.5, 0.6) is 0 Å². The summed E-state index contributed by atoms with van der Waals surface area (Å²) in [4.78, 5) is 21.0. The van der Waals surface area contributed by atoms with Crippen molar-refractivity contribution in [1.82, 2.24) is 14.5 Å². The van der Waals surface area contributed by atoms with E-state index in [0.29, 0.717) is 12.3 Å². The summed E-state index contributed by atoms with van der Waals surface area (Å²) < 4.78 is 15.1. The maximum Gasteiger partial charge on any atom is 0.349 e. The Bertz CT molecular complexity index is 988. The molecule has 2 aromatic heterocycles. The number of hydrogen-bond acceptors (Lipinski definition) is 4. The Kier molecular flexibility index (Phi) is 4.84. The summed E-state index contributed by atoms with van der Waals surface area (Å²) >= 11 is 1.52. The molecule has 6 heteroatoms. The largest absolute Gasteiger partial charge is 0.349 e. The Balaban J connectivity index is 1.62. The van der Waals surface area contributed by atoms with Gasteiger partial charge in [0, 0.05) is 29.4 Å². The highest BCUT2D eigenvalue weighted by molar-refractivity contribution is 7.98. The van der Waals surface area contributed by atoms with E-state index >= 15 is 0 Å². The molecule has 1 aliphatic carbocycles. The third-order valence-corrected chi connectivity index (χ3v) is 5.64. The molecular weight excluding hydrogens is 349 g/mol. The Labute approximate surface area is 155 Å². The highest BCUT2D eigenvalue weighted by Crippen LogP contribution is 2.31. The molecule has 0 N–H and O–H groups in total. The van der Waals surface area contributed by atoms with Crippen molar-refractivity contribution in [2.24, 2.45) is 0 Å². The first kappa shape index (κ1) is 17.0. The number of thioether (sulfide) groups is 1. The number of nitrogens with zero attached hydrogens (tertiary/aromatic N) is 3. The average Bonchev–Trinajstić information content (AvgIpc) is 3.13. The van der Waals surface area contributed by atoms with Gasteiger partial charge in [-0.25, -0.2) is 9.18 Å². The lowest BCUT2D eigenvalue weighted by atomic mass is 10.2. The second kappa shape index (κ2) is 7.41. The molecular formula is C20H18FN3OS. The van der Waals surface area contributed by atoms with E-state index in [0.717, 1.165) is 41.1 Å². The molecule has 0 saturated heterocycles. The summed E-state index contributed by atoms with van der Waals surface area (Å²) in [5, 5.41) is 0.790. The molecule has 4 nitrogen and oxygen atoms in total. The molecule has 2 heterocycles. The van der Waals surface area contributed by atoms with Crippen LogP contribution in [0.1, 0.15) is 28.8 Å². The van der Waals surface area contributed by atoms with Crippen LogP contribution in [0, 0.1) is 5.82 Å². The van der Waals surface area contributed by atoms with Crippen LogP contribution in [0.2, 0.25) is 0 Å². The van der Waals surface area contributed by atoms with Crippen molar-refractivity contribution in [2.45, 2.75) is 36.6 Å². The van der Waals surface area contributed by atoms with Crippen molar-refractivity contribution in [2.75, 3.05) is 0 Å². The topological polar surface area (TPSA) is 47.8 Å². The normalized spacial score (nSPS) is 13.0. The van der Waals surface area contributed by atoms with Crippen molar-refractivity contribution in [3.05, 3.63) is 87.5 Å². The lowest BCUT2D eigenvalue weighted by Gasteiger charge is -2.14. The third kappa shape index (κ3) is 3.55. The minimum atomic E-state index is -0.242. The fourth-order valence-corrected chi connectivity index (χ4v) is 4.34. The Morgan fingerprint density at radius 2 is 1.96 bits per heavy atom. The molecule has 3 aromatic rings. The van der Waals surface area contributed by atoms with Gasteiger partial charge in [0.05, 0.1) is 6.54 Å². The molecule has 26 heavy (non-hydrogen) atoms. The van der Waals surface area contributed by atoms with Gasteiger partial charge in [-0.15, -0.1) is 11.8 Å². The molecule has 1 aromatic carbocycles. The average molecular weight is 367 g/mol. The number of halogens is 1. The zero-order chi connectivity index (χ0) is 17.9. The van der Waals surface area contributed by atoms with Gasteiger partial charge in [0.1, 0.15) is 10.8 Å². The number of pyridine rings is 1. The van der Waals surface area contributed by atoms with Crippen LogP contribution in [0.3, 0.4) is 0 Å². The summed E-state index contributed by atoms with van der Waals surface area (Å²) in [6.45, 7) is 0.519. The summed E-state index contributed by atoms with van der Waals surface area (Å²) in [5.74, 6) is 0.361. The summed E-state index contributed by atoms with van der Waals surface area (Å²) in [7, 11) is 0. The highest BCUT2D eigenvalue weighted by atomic mass is 32.2. The smallest absolute Gasteiger partial charge is 0.292 e. The van der Waals surface area contributed by atoms with Crippen LogP contribution in [0.25, 0.3) is 0 Å². The molecule has 1 aliphatic rings. The van der Waals surface area contributed by atoms with Crippen molar-refractivity contribution < 1.29 is 4.39 Å². The van der Waals surface area contributed by atoms with Gasteiger partial charge in [-0.2, -0.15) is 4.98 Å². The summed E-state index contributed by atoms with van der Waals surface area (Å²) in [5.41, 5.74) is 3.97. The fraction of sp³-hybridized carbons (Fsp3) is 0.250. The molecule has 0 unspecified atom stereocenters. The molecule has 0 atom stereocenters. The first-order valence-corrected chi connectivity index (χ1v) is 9.58. The lowest BCUT2D eigenvalue weighted by molar-refractivity contribution is 0.626. The van der Waals surface area contributed by atoms with E-state index in [1.807, 2.05) is 18.2 Å². The molecule has 0 aliphatic heterocycles. The standard InChI is InChI=1S/C20H18FN3OS/c21-16-4-1-3-15(11-16)13-26-19-17-5-2-6-18(17)24(20(25)23-19)12-14-7-9-22-10-8-14/h1,3-4,7-11H,2,5-6,12-13H2. The van der Waals surface area contributed by atoms with Crippen molar-refractivity contribution in [3.63, 3.8) is 0 Å². The van der Waals surface area contributed by atoms with E-state index in [9.17, 15) is 9.18 Å². The maximum atomic E-state index is 13.4. The van der Waals surface area contributed by atoms with Gasteiger partial charge in [0.15, 0.2) is 0 Å². The number of aromatic nitrogens is 3. The molecule has 0 saturated carbocycles.